The molecule has 2 unspecified atom stereocenters. The van der Waals surface area contributed by atoms with Crippen molar-refractivity contribution in [3.63, 3.8) is 0 Å². The lowest BCUT2D eigenvalue weighted by Gasteiger charge is -2.25. The van der Waals surface area contributed by atoms with Gasteiger partial charge in [0, 0.05) is 12.8 Å². The number of ether oxygens (including phenoxy) is 4. The molecule has 0 radical (unpaired) electrons. The van der Waals surface area contributed by atoms with Crippen molar-refractivity contribution < 1.29 is 42.9 Å². The lowest BCUT2D eigenvalue weighted by atomic mass is 10.1. The molecule has 0 aromatic heterocycles. The summed E-state index contributed by atoms with van der Waals surface area (Å²) in [4.78, 5) is 37.2. The number of carboxylic acids is 1. The molecule has 9 nitrogen and oxygen atoms in total. The lowest BCUT2D eigenvalue weighted by molar-refractivity contribution is -0.870. The number of carbonyl (C=O) groups excluding carboxylic acids is 2. The summed E-state index contributed by atoms with van der Waals surface area (Å²) in [5.74, 6) is -2.03. The molecule has 0 aromatic rings. The number of quaternary nitrogens is 1. The summed E-state index contributed by atoms with van der Waals surface area (Å²) in [5.41, 5.74) is 0. The number of aliphatic carboxylic acids is 1. The highest BCUT2D eigenvalue weighted by atomic mass is 16.7. The highest BCUT2D eigenvalue weighted by molar-refractivity contribution is 5.71. The standard InChI is InChI=1S/C52H91NO8/c1-6-8-10-12-14-16-18-20-22-23-24-25-26-27-29-31-33-35-37-39-41-43-50(55)61-48(47-60-52(51(56)57)58-45-44-53(3,4)5)46-59-49(54)42-40-38-36-34-32-30-28-21-19-17-15-13-11-9-7-2/h8,10,14,16,20-22,24-25,28,48,52H,6-7,9,11-13,15,17-19,23,26-27,29-47H2,1-5H3/p+1/b10-8-,16-14-,22-20-,25-24-,28-21-. The lowest BCUT2D eigenvalue weighted by Crippen LogP contribution is -2.40. The minimum absolute atomic E-state index is 0.182. The molecule has 0 spiro atoms. The number of carbonyl (C=O) groups is 3. The Morgan fingerprint density at radius 3 is 1.41 bits per heavy atom. The average Bonchev–Trinajstić information content (AvgIpc) is 3.22. The van der Waals surface area contributed by atoms with Crippen LogP contribution in [0.1, 0.15) is 194 Å². The number of esters is 2. The van der Waals surface area contributed by atoms with E-state index in [0.29, 0.717) is 17.4 Å². The van der Waals surface area contributed by atoms with Crippen LogP contribution in [0, 0.1) is 0 Å². The fraction of sp³-hybridized carbons (Fsp3) is 0.750. The van der Waals surface area contributed by atoms with Crippen LogP contribution in [0.25, 0.3) is 0 Å². The summed E-state index contributed by atoms with van der Waals surface area (Å²) in [6.07, 6.45) is 49.9. The van der Waals surface area contributed by atoms with Gasteiger partial charge in [-0.2, -0.15) is 0 Å². The van der Waals surface area contributed by atoms with E-state index in [4.69, 9.17) is 18.9 Å². The van der Waals surface area contributed by atoms with Gasteiger partial charge in [-0.1, -0.05) is 164 Å². The Hall–Kier alpha value is -3.01. The molecule has 0 aliphatic carbocycles. The van der Waals surface area contributed by atoms with Crippen LogP contribution >= 0.6 is 0 Å². The van der Waals surface area contributed by atoms with Gasteiger partial charge >= 0.3 is 17.9 Å². The molecule has 0 fully saturated rings. The second-order valence-electron chi connectivity index (χ2n) is 17.4. The van der Waals surface area contributed by atoms with Crippen molar-refractivity contribution in [2.24, 2.45) is 0 Å². The molecule has 2 atom stereocenters. The molecule has 352 valence electrons. The normalized spacial score (nSPS) is 13.4. The smallest absolute Gasteiger partial charge is 0.361 e. The molecule has 1 N–H and O–H groups in total. The van der Waals surface area contributed by atoms with Crippen LogP contribution in [0.15, 0.2) is 60.8 Å². The predicted molar refractivity (Wildman–Crippen MR) is 253 cm³/mol. The van der Waals surface area contributed by atoms with Gasteiger partial charge in [0.15, 0.2) is 6.10 Å². The molecule has 0 aliphatic heterocycles. The number of carboxylic acid groups (broad SMARTS) is 1. The van der Waals surface area contributed by atoms with E-state index in [1.54, 1.807) is 0 Å². The maximum Gasteiger partial charge on any atom is 0.361 e. The summed E-state index contributed by atoms with van der Waals surface area (Å²) >= 11 is 0. The molecule has 0 aliphatic rings. The van der Waals surface area contributed by atoms with Crippen LogP contribution in [0.3, 0.4) is 0 Å². The van der Waals surface area contributed by atoms with Crippen LogP contribution in [0.2, 0.25) is 0 Å². The van der Waals surface area contributed by atoms with Gasteiger partial charge in [0.1, 0.15) is 13.2 Å². The Bertz CT molecular complexity index is 1180. The monoisotopic (exact) mass is 859 g/mol. The summed E-state index contributed by atoms with van der Waals surface area (Å²) in [5, 5.41) is 9.66. The molecule has 61 heavy (non-hydrogen) atoms. The topological polar surface area (TPSA) is 108 Å². The molecule has 0 bridgehead atoms. The summed E-state index contributed by atoms with van der Waals surface area (Å²) in [6, 6.07) is 0. The van der Waals surface area contributed by atoms with Gasteiger partial charge in [-0.25, -0.2) is 4.79 Å². The van der Waals surface area contributed by atoms with Crippen LogP contribution in [0.5, 0.6) is 0 Å². The van der Waals surface area contributed by atoms with E-state index in [1.807, 2.05) is 21.1 Å². The SMILES string of the molecule is CC/C=C\C/C=C\C/C=C\C/C=C\CCCCCCCCCCC(=O)OC(COC(=O)CCCCCCC/C=C\CCCCCCCC)COC(OCC[N+](C)(C)C)C(=O)O. The Balaban J connectivity index is 4.40. The molecule has 0 saturated heterocycles. The first-order chi connectivity index (χ1) is 29.6. The molecule has 0 aromatic carbocycles. The molecule has 0 heterocycles. The first kappa shape index (κ1) is 58.0. The average molecular weight is 859 g/mol. The van der Waals surface area contributed by atoms with Crippen molar-refractivity contribution in [2.45, 2.75) is 206 Å². The zero-order chi connectivity index (χ0) is 44.9. The number of unbranched alkanes of at least 4 members (excludes halogenated alkanes) is 19. The predicted octanol–water partition coefficient (Wildman–Crippen LogP) is 13.3. The summed E-state index contributed by atoms with van der Waals surface area (Å²) in [7, 11) is 5.95. The third-order valence-electron chi connectivity index (χ3n) is 10.3. The maximum atomic E-state index is 12.8. The molecule has 0 saturated carbocycles. The van der Waals surface area contributed by atoms with E-state index >= 15 is 0 Å². The maximum absolute atomic E-state index is 12.8. The van der Waals surface area contributed by atoms with Crippen molar-refractivity contribution in [1.29, 1.82) is 0 Å². The number of nitrogens with zero attached hydrogens (tertiary/aromatic N) is 1. The number of rotatable bonds is 44. The van der Waals surface area contributed by atoms with Gasteiger partial charge in [-0.3, -0.25) is 9.59 Å². The van der Waals surface area contributed by atoms with E-state index in [9.17, 15) is 19.5 Å². The van der Waals surface area contributed by atoms with Gasteiger partial charge in [-0.05, 0) is 77.0 Å². The molecular formula is C52H92NO8+. The van der Waals surface area contributed by atoms with Crippen LogP contribution in [-0.2, 0) is 33.3 Å². The fourth-order valence-electron chi connectivity index (χ4n) is 6.47. The van der Waals surface area contributed by atoms with Crippen LogP contribution in [0.4, 0.5) is 0 Å². The number of hydrogen-bond acceptors (Lipinski definition) is 7. The van der Waals surface area contributed by atoms with Gasteiger partial charge in [-0.15, -0.1) is 0 Å². The third-order valence-corrected chi connectivity index (χ3v) is 10.3. The van der Waals surface area contributed by atoms with Crippen LogP contribution in [-0.4, -0.2) is 87.4 Å². The van der Waals surface area contributed by atoms with Crippen molar-refractivity contribution >= 4 is 17.9 Å². The zero-order valence-corrected chi connectivity index (χ0v) is 39.8. The minimum Gasteiger partial charge on any atom is -0.477 e. The Morgan fingerprint density at radius 2 is 0.934 bits per heavy atom. The zero-order valence-electron chi connectivity index (χ0n) is 39.8. The number of hydrogen-bond donors (Lipinski definition) is 1. The van der Waals surface area contributed by atoms with Crippen molar-refractivity contribution in [2.75, 3.05) is 47.5 Å². The highest BCUT2D eigenvalue weighted by Gasteiger charge is 2.25. The van der Waals surface area contributed by atoms with Crippen LogP contribution < -0.4 is 0 Å². The van der Waals surface area contributed by atoms with Gasteiger partial charge in [0.05, 0.1) is 34.4 Å². The first-order valence-electron chi connectivity index (χ1n) is 24.5. The van der Waals surface area contributed by atoms with Crippen molar-refractivity contribution in [3.8, 4) is 0 Å². The van der Waals surface area contributed by atoms with E-state index in [-0.39, 0.29) is 38.6 Å². The molecule has 9 heteroatoms. The molecule has 0 rings (SSSR count). The first-order valence-corrected chi connectivity index (χ1v) is 24.5. The Labute approximate surface area is 374 Å². The third kappa shape index (κ3) is 44.8. The summed E-state index contributed by atoms with van der Waals surface area (Å²) in [6.45, 7) is 4.73. The largest absolute Gasteiger partial charge is 0.477 e. The second-order valence-corrected chi connectivity index (χ2v) is 17.4. The fourth-order valence-corrected chi connectivity index (χ4v) is 6.47. The Kier molecular flexibility index (Phi) is 41.5. The van der Waals surface area contributed by atoms with E-state index in [2.05, 4.69) is 74.6 Å². The van der Waals surface area contributed by atoms with E-state index in [1.165, 1.54) is 70.6 Å². The van der Waals surface area contributed by atoms with Gasteiger partial charge < -0.3 is 28.5 Å². The molecular weight excluding hydrogens is 767 g/mol. The highest BCUT2D eigenvalue weighted by Crippen LogP contribution is 2.14. The minimum atomic E-state index is -1.51. The van der Waals surface area contributed by atoms with Crippen molar-refractivity contribution in [3.05, 3.63) is 60.8 Å². The van der Waals surface area contributed by atoms with E-state index < -0.39 is 24.3 Å². The number of likely N-dealkylation sites (N-methyl/N-ethyl adjacent to an activating group) is 1. The van der Waals surface area contributed by atoms with Gasteiger partial charge in [0.2, 0.25) is 0 Å². The Morgan fingerprint density at radius 1 is 0.508 bits per heavy atom. The van der Waals surface area contributed by atoms with Gasteiger partial charge in [0.25, 0.3) is 6.29 Å². The van der Waals surface area contributed by atoms with E-state index in [0.717, 1.165) is 89.9 Å². The second kappa shape index (κ2) is 43.6. The number of allylic oxidation sites excluding steroid dienone is 10. The summed E-state index contributed by atoms with van der Waals surface area (Å²) < 4.78 is 22.8. The quantitative estimate of drug-likeness (QED) is 0.0212. The molecule has 0 amide bonds. The van der Waals surface area contributed by atoms with Crippen molar-refractivity contribution in [1.82, 2.24) is 0 Å².